The van der Waals surface area contributed by atoms with Gasteiger partial charge in [-0.2, -0.15) is 0 Å². The Hall–Kier alpha value is -3.69. The maximum atomic E-state index is 12.6. The van der Waals surface area contributed by atoms with Gasteiger partial charge in [0.2, 0.25) is 0 Å². The summed E-state index contributed by atoms with van der Waals surface area (Å²) in [4.78, 5) is 37.5. The Morgan fingerprint density at radius 3 is 2.33 bits per heavy atom. The second-order valence-electron chi connectivity index (χ2n) is 7.51. The second kappa shape index (κ2) is 10.8. The number of anilines is 3. The van der Waals surface area contributed by atoms with Crippen LogP contribution in [0.25, 0.3) is 0 Å². The summed E-state index contributed by atoms with van der Waals surface area (Å²) in [6.45, 7) is 1.22. The number of nitrogens with one attached hydrogen (secondary N) is 4. The molecule has 0 saturated carbocycles. The van der Waals surface area contributed by atoms with Crippen LogP contribution >= 0.6 is 11.3 Å². The zero-order chi connectivity index (χ0) is 23.0. The second-order valence-corrected chi connectivity index (χ2v) is 8.46. The normalized spacial score (nSPS) is 15.0. The highest BCUT2D eigenvalue weighted by atomic mass is 32.1. The van der Waals surface area contributed by atoms with E-state index in [9.17, 15) is 14.4 Å². The van der Waals surface area contributed by atoms with Crippen molar-refractivity contribution in [3.63, 3.8) is 0 Å². The molecular formula is C24H24N4O4S. The number of thiophene rings is 1. The molecule has 0 bridgehead atoms. The van der Waals surface area contributed by atoms with E-state index in [0.717, 1.165) is 19.4 Å². The van der Waals surface area contributed by atoms with Crippen molar-refractivity contribution in [2.75, 3.05) is 29.1 Å². The first-order chi connectivity index (χ1) is 16.1. The van der Waals surface area contributed by atoms with Crippen molar-refractivity contribution in [1.29, 1.82) is 0 Å². The molecule has 1 aromatic heterocycles. The Bertz CT molecular complexity index is 1110. The first-order valence-electron chi connectivity index (χ1n) is 10.6. The van der Waals surface area contributed by atoms with Crippen LogP contribution in [0.3, 0.4) is 0 Å². The Morgan fingerprint density at radius 1 is 0.879 bits per heavy atom. The van der Waals surface area contributed by atoms with E-state index < -0.39 is 0 Å². The van der Waals surface area contributed by atoms with Gasteiger partial charge in [-0.15, -0.1) is 11.3 Å². The summed E-state index contributed by atoms with van der Waals surface area (Å²) in [5.74, 6) is -0.525. The first-order valence-corrected chi connectivity index (χ1v) is 11.5. The van der Waals surface area contributed by atoms with Crippen molar-refractivity contribution in [1.82, 2.24) is 5.32 Å². The van der Waals surface area contributed by atoms with E-state index >= 15 is 0 Å². The lowest BCUT2D eigenvalue weighted by atomic mass is 10.1. The third kappa shape index (κ3) is 6.41. The van der Waals surface area contributed by atoms with Gasteiger partial charge in [0, 0.05) is 35.8 Å². The molecule has 4 rings (SSSR count). The minimum atomic E-state index is -0.308. The van der Waals surface area contributed by atoms with E-state index in [4.69, 9.17) is 4.74 Å². The Labute approximate surface area is 195 Å². The molecule has 0 radical (unpaired) electrons. The largest absolute Gasteiger partial charge is 0.376 e. The summed E-state index contributed by atoms with van der Waals surface area (Å²) in [5, 5.41) is 13.0. The standard InChI is InChI=1S/C24H24N4O4S/c29-22(16-4-1-5-19(14-16)27-23(30)21-7-3-13-33-21)26-17-8-10-18(11-9-17)28-24(31)25-15-20-6-2-12-32-20/h1,3-5,7-11,13-14,20H,2,6,12,15H2,(H,26,29)(H,27,30)(H2,25,28,31). The highest BCUT2D eigenvalue weighted by molar-refractivity contribution is 7.12. The minimum absolute atomic E-state index is 0.0795. The van der Waals surface area contributed by atoms with Gasteiger partial charge in [0.15, 0.2) is 0 Å². The zero-order valence-corrected chi connectivity index (χ0v) is 18.6. The molecule has 4 amide bonds. The van der Waals surface area contributed by atoms with Gasteiger partial charge in [-0.25, -0.2) is 4.79 Å². The molecule has 1 atom stereocenters. The summed E-state index contributed by atoms with van der Waals surface area (Å²) in [6.07, 6.45) is 2.06. The summed E-state index contributed by atoms with van der Waals surface area (Å²) in [7, 11) is 0. The predicted molar refractivity (Wildman–Crippen MR) is 129 cm³/mol. The molecule has 0 spiro atoms. The fraction of sp³-hybridized carbons (Fsp3) is 0.208. The van der Waals surface area contributed by atoms with Gasteiger partial charge in [0.05, 0.1) is 11.0 Å². The monoisotopic (exact) mass is 464 g/mol. The van der Waals surface area contributed by atoms with Crippen LogP contribution < -0.4 is 21.3 Å². The Kier molecular flexibility index (Phi) is 7.33. The van der Waals surface area contributed by atoms with Crippen LogP contribution in [0.4, 0.5) is 21.9 Å². The van der Waals surface area contributed by atoms with Crippen molar-refractivity contribution < 1.29 is 19.1 Å². The smallest absolute Gasteiger partial charge is 0.319 e. The lowest BCUT2D eigenvalue weighted by Crippen LogP contribution is -2.35. The highest BCUT2D eigenvalue weighted by Gasteiger charge is 2.16. The summed E-state index contributed by atoms with van der Waals surface area (Å²) >= 11 is 1.35. The van der Waals surface area contributed by atoms with Gasteiger partial charge in [-0.3, -0.25) is 9.59 Å². The van der Waals surface area contributed by atoms with Crippen molar-refractivity contribution in [2.24, 2.45) is 0 Å². The van der Waals surface area contributed by atoms with Crippen LogP contribution in [0.5, 0.6) is 0 Å². The van der Waals surface area contributed by atoms with Gasteiger partial charge in [0.1, 0.15) is 0 Å². The average Bonchev–Trinajstić information content (AvgIpc) is 3.54. The Morgan fingerprint density at radius 2 is 1.64 bits per heavy atom. The third-order valence-corrected chi connectivity index (χ3v) is 5.91. The number of urea groups is 1. The number of rotatable bonds is 7. The molecule has 1 unspecified atom stereocenters. The topological polar surface area (TPSA) is 109 Å². The van der Waals surface area contributed by atoms with Gasteiger partial charge in [0.25, 0.3) is 11.8 Å². The lowest BCUT2D eigenvalue weighted by Gasteiger charge is -2.12. The number of hydrogen-bond acceptors (Lipinski definition) is 5. The van der Waals surface area contributed by atoms with Crippen LogP contribution in [-0.2, 0) is 4.74 Å². The number of ether oxygens (including phenoxy) is 1. The number of hydrogen-bond donors (Lipinski definition) is 4. The molecular weight excluding hydrogens is 440 g/mol. The molecule has 3 aromatic rings. The summed E-state index contributed by atoms with van der Waals surface area (Å²) in [5.41, 5.74) is 2.14. The molecule has 1 fully saturated rings. The van der Waals surface area contributed by atoms with E-state index in [2.05, 4.69) is 21.3 Å². The number of amides is 4. The van der Waals surface area contributed by atoms with Gasteiger partial charge >= 0.3 is 6.03 Å². The first kappa shape index (κ1) is 22.5. The molecule has 2 heterocycles. The molecule has 4 N–H and O–H groups in total. The van der Waals surface area contributed by atoms with E-state index in [1.165, 1.54) is 11.3 Å². The maximum absolute atomic E-state index is 12.6. The molecule has 2 aromatic carbocycles. The van der Waals surface area contributed by atoms with E-state index in [-0.39, 0.29) is 23.9 Å². The molecule has 33 heavy (non-hydrogen) atoms. The molecule has 8 nitrogen and oxygen atoms in total. The fourth-order valence-electron chi connectivity index (χ4n) is 3.37. The predicted octanol–water partition coefficient (Wildman–Crippen LogP) is 4.55. The van der Waals surface area contributed by atoms with Crippen molar-refractivity contribution in [3.05, 3.63) is 76.5 Å². The number of carbonyl (C=O) groups is 3. The lowest BCUT2D eigenvalue weighted by molar-refractivity contribution is 0.101. The summed E-state index contributed by atoms with van der Waals surface area (Å²) in [6, 6.07) is 16.8. The number of benzene rings is 2. The molecule has 1 saturated heterocycles. The van der Waals surface area contributed by atoms with Gasteiger partial charge < -0.3 is 26.0 Å². The highest BCUT2D eigenvalue weighted by Crippen LogP contribution is 2.18. The fourth-order valence-corrected chi connectivity index (χ4v) is 3.98. The van der Waals surface area contributed by atoms with Crippen LogP contribution in [0.15, 0.2) is 66.0 Å². The minimum Gasteiger partial charge on any atom is -0.376 e. The molecule has 170 valence electrons. The van der Waals surface area contributed by atoms with Crippen LogP contribution in [0.1, 0.15) is 32.9 Å². The zero-order valence-electron chi connectivity index (χ0n) is 17.8. The third-order valence-electron chi connectivity index (χ3n) is 5.04. The molecule has 1 aliphatic heterocycles. The van der Waals surface area contributed by atoms with E-state index in [1.54, 1.807) is 54.6 Å². The van der Waals surface area contributed by atoms with Crippen LogP contribution in [0.2, 0.25) is 0 Å². The Balaban J connectivity index is 1.29. The quantitative estimate of drug-likeness (QED) is 0.411. The van der Waals surface area contributed by atoms with Crippen molar-refractivity contribution >= 4 is 46.2 Å². The van der Waals surface area contributed by atoms with Crippen LogP contribution in [-0.4, -0.2) is 37.1 Å². The van der Waals surface area contributed by atoms with E-state index in [0.29, 0.717) is 34.0 Å². The van der Waals surface area contributed by atoms with Crippen molar-refractivity contribution in [3.8, 4) is 0 Å². The van der Waals surface area contributed by atoms with E-state index in [1.807, 2.05) is 11.4 Å². The molecule has 1 aliphatic rings. The summed E-state index contributed by atoms with van der Waals surface area (Å²) < 4.78 is 5.48. The van der Waals surface area contributed by atoms with Gasteiger partial charge in [-0.05, 0) is 66.8 Å². The van der Waals surface area contributed by atoms with Crippen molar-refractivity contribution in [2.45, 2.75) is 18.9 Å². The maximum Gasteiger partial charge on any atom is 0.319 e. The van der Waals surface area contributed by atoms with Crippen LogP contribution in [0, 0.1) is 0 Å². The van der Waals surface area contributed by atoms with Gasteiger partial charge in [-0.1, -0.05) is 12.1 Å². The SMILES string of the molecule is O=C(NCC1CCCO1)Nc1ccc(NC(=O)c2cccc(NC(=O)c3cccs3)c2)cc1. The molecule has 9 heteroatoms. The number of carbonyl (C=O) groups excluding carboxylic acids is 3. The molecule has 0 aliphatic carbocycles. The average molecular weight is 465 g/mol.